The minimum Gasteiger partial charge on any atom is -0.409 e. The van der Waals surface area contributed by atoms with E-state index in [1.807, 2.05) is 0 Å². The molecule has 2 aromatic carbocycles. The highest BCUT2D eigenvalue weighted by atomic mass is 35.5. The maximum absolute atomic E-state index is 13.8. The topological polar surface area (TPSA) is 91.0 Å². The monoisotopic (exact) mass is 490 g/mol. The van der Waals surface area contributed by atoms with Crippen LogP contribution in [0.15, 0.2) is 41.6 Å². The molecule has 12 heteroatoms. The lowest BCUT2D eigenvalue weighted by atomic mass is 10.1. The molecular formula is C21H20ClF5N4O2. The maximum atomic E-state index is 13.8. The SMILES string of the molecule is NC(=NO)c1cccc(NC(=O)c2cc(Cl)c(C(F)(F)F)cc2N2CCCC(F)(F)CC2)c1. The summed E-state index contributed by atoms with van der Waals surface area (Å²) in [5.41, 5.74) is 4.53. The second kappa shape index (κ2) is 9.42. The molecule has 4 N–H and O–H groups in total. The van der Waals surface area contributed by atoms with Crippen molar-refractivity contribution in [1.82, 2.24) is 0 Å². The molecule has 1 aliphatic rings. The summed E-state index contributed by atoms with van der Waals surface area (Å²) in [4.78, 5) is 14.4. The van der Waals surface area contributed by atoms with Crippen LogP contribution in [-0.2, 0) is 6.18 Å². The van der Waals surface area contributed by atoms with Gasteiger partial charge in [-0.3, -0.25) is 4.79 Å². The normalized spacial score (nSPS) is 16.9. The van der Waals surface area contributed by atoms with Gasteiger partial charge in [-0.1, -0.05) is 28.9 Å². The van der Waals surface area contributed by atoms with Crippen molar-refractivity contribution in [3.63, 3.8) is 0 Å². The lowest BCUT2D eigenvalue weighted by Gasteiger charge is -2.27. The molecule has 1 aliphatic heterocycles. The number of benzene rings is 2. The summed E-state index contributed by atoms with van der Waals surface area (Å²) >= 11 is 5.84. The zero-order valence-electron chi connectivity index (χ0n) is 17.1. The van der Waals surface area contributed by atoms with Crippen LogP contribution in [-0.4, -0.2) is 36.0 Å². The van der Waals surface area contributed by atoms with Gasteiger partial charge < -0.3 is 21.2 Å². The van der Waals surface area contributed by atoms with Crippen molar-refractivity contribution in [2.45, 2.75) is 31.4 Å². The molecule has 33 heavy (non-hydrogen) atoms. The molecule has 178 valence electrons. The molecule has 1 saturated heterocycles. The first-order chi connectivity index (χ1) is 15.4. The third-order valence-corrected chi connectivity index (χ3v) is 5.53. The van der Waals surface area contributed by atoms with Gasteiger partial charge in [0.05, 0.1) is 21.8 Å². The number of rotatable bonds is 4. The number of anilines is 2. The minimum absolute atomic E-state index is 0.0415. The van der Waals surface area contributed by atoms with Crippen molar-refractivity contribution in [3.8, 4) is 0 Å². The first-order valence-electron chi connectivity index (χ1n) is 9.84. The van der Waals surface area contributed by atoms with Gasteiger partial charge >= 0.3 is 6.18 Å². The predicted octanol–water partition coefficient (Wildman–Crippen LogP) is 5.33. The van der Waals surface area contributed by atoms with Crippen molar-refractivity contribution in [2.24, 2.45) is 10.9 Å². The van der Waals surface area contributed by atoms with Crippen molar-refractivity contribution >= 4 is 34.7 Å². The number of hydrogen-bond acceptors (Lipinski definition) is 4. The van der Waals surface area contributed by atoms with E-state index in [-0.39, 0.29) is 47.8 Å². The van der Waals surface area contributed by atoms with E-state index in [2.05, 4.69) is 10.5 Å². The Morgan fingerprint density at radius 1 is 1.18 bits per heavy atom. The fourth-order valence-electron chi connectivity index (χ4n) is 3.54. The molecule has 2 aromatic rings. The number of oxime groups is 1. The van der Waals surface area contributed by atoms with Gasteiger partial charge in [0.1, 0.15) is 0 Å². The van der Waals surface area contributed by atoms with Gasteiger partial charge in [0.15, 0.2) is 5.84 Å². The average molecular weight is 491 g/mol. The largest absolute Gasteiger partial charge is 0.417 e. The van der Waals surface area contributed by atoms with E-state index < -0.39 is 41.4 Å². The van der Waals surface area contributed by atoms with E-state index >= 15 is 0 Å². The lowest BCUT2D eigenvalue weighted by Crippen LogP contribution is -2.29. The fraction of sp³-hybridized carbons (Fsp3) is 0.333. The number of halogens is 6. The highest BCUT2D eigenvalue weighted by Crippen LogP contribution is 2.40. The Balaban J connectivity index is 2.01. The minimum atomic E-state index is -4.80. The van der Waals surface area contributed by atoms with Crippen LogP contribution in [0.1, 0.15) is 40.7 Å². The van der Waals surface area contributed by atoms with Gasteiger partial charge in [0.2, 0.25) is 5.92 Å². The van der Waals surface area contributed by atoms with Gasteiger partial charge in [-0.05, 0) is 30.7 Å². The highest BCUT2D eigenvalue weighted by molar-refractivity contribution is 6.32. The number of amidine groups is 1. The Labute approximate surface area is 190 Å². The predicted molar refractivity (Wildman–Crippen MR) is 114 cm³/mol. The maximum Gasteiger partial charge on any atom is 0.417 e. The summed E-state index contributed by atoms with van der Waals surface area (Å²) in [6.07, 6.45) is -5.71. The zero-order valence-corrected chi connectivity index (χ0v) is 17.9. The molecule has 0 saturated carbocycles. The molecule has 0 radical (unpaired) electrons. The molecule has 3 rings (SSSR count). The molecule has 1 amide bonds. The van der Waals surface area contributed by atoms with E-state index in [0.29, 0.717) is 6.07 Å². The number of carbonyl (C=O) groups excluding carboxylic acids is 1. The third kappa shape index (κ3) is 5.84. The molecule has 0 bridgehead atoms. The Kier molecular flexibility index (Phi) is 7.01. The molecule has 0 aromatic heterocycles. The number of alkyl halides is 5. The fourth-order valence-corrected chi connectivity index (χ4v) is 3.81. The van der Waals surface area contributed by atoms with Crippen LogP contribution in [0.25, 0.3) is 0 Å². The lowest BCUT2D eigenvalue weighted by molar-refractivity contribution is -0.137. The second-order valence-electron chi connectivity index (χ2n) is 7.56. The van der Waals surface area contributed by atoms with Crippen molar-refractivity contribution in [1.29, 1.82) is 0 Å². The van der Waals surface area contributed by atoms with Gasteiger partial charge in [-0.2, -0.15) is 13.2 Å². The zero-order chi connectivity index (χ0) is 24.4. The Bertz CT molecular complexity index is 1080. The van der Waals surface area contributed by atoms with E-state index in [0.717, 1.165) is 6.07 Å². The highest BCUT2D eigenvalue weighted by Gasteiger charge is 2.37. The number of nitrogens with zero attached hydrogens (tertiary/aromatic N) is 2. The summed E-state index contributed by atoms with van der Waals surface area (Å²) in [5, 5.41) is 13.5. The van der Waals surface area contributed by atoms with Gasteiger partial charge in [0, 0.05) is 37.2 Å². The van der Waals surface area contributed by atoms with Gasteiger partial charge in [-0.25, -0.2) is 8.78 Å². The first-order valence-corrected chi connectivity index (χ1v) is 10.2. The summed E-state index contributed by atoms with van der Waals surface area (Å²) in [6.45, 7) is -0.182. The Hall–Kier alpha value is -3.08. The van der Waals surface area contributed by atoms with Crippen molar-refractivity contribution in [3.05, 3.63) is 58.1 Å². The van der Waals surface area contributed by atoms with Crippen LogP contribution < -0.4 is 16.0 Å². The summed E-state index contributed by atoms with van der Waals surface area (Å²) in [5.74, 6) is -3.95. The van der Waals surface area contributed by atoms with Crippen molar-refractivity contribution in [2.75, 3.05) is 23.3 Å². The number of nitrogens with two attached hydrogens (primary N) is 1. The molecule has 0 unspecified atom stereocenters. The molecule has 0 aliphatic carbocycles. The smallest absolute Gasteiger partial charge is 0.409 e. The molecule has 1 fully saturated rings. The summed E-state index contributed by atoms with van der Waals surface area (Å²) in [7, 11) is 0. The third-order valence-electron chi connectivity index (χ3n) is 5.22. The quantitative estimate of drug-likeness (QED) is 0.178. The summed E-state index contributed by atoms with van der Waals surface area (Å²) < 4.78 is 68.0. The Morgan fingerprint density at radius 2 is 1.91 bits per heavy atom. The molecule has 1 heterocycles. The van der Waals surface area contributed by atoms with Crippen LogP contribution in [0.3, 0.4) is 0 Å². The molecule has 6 nitrogen and oxygen atoms in total. The van der Waals surface area contributed by atoms with Crippen LogP contribution in [0.4, 0.5) is 33.3 Å². The second-order valence-corrected chi connectivity index (χ2v) is 7.97. The van der Waals surface area contributed by atoms with E-state index in [4.69, 9.17) is 22.5 Å². The van der Waals surface area contributed by atoms with E-state index in [1.54, 1.807) is 0 Å². The first kappa shape index (κ1) is 24.6. The Morgan fingerprint density at radius 3 is 2.58 bits per heavy atom. The van der Waals surface area contributed by atoms with Crippen LogP contribution in [0.2, 0.25) is 5.02 Å². The van der Waals surface area contributed by atoms with Crippen molar-refractivity contribution < 1.29 is 32.0 Å². The van der Waals surface area contributed by atoms with E-state index in [1.165, 1.54) is 29.2 Å². The molecular weight excluding hydrogens is 471 g/mol. The number of carbonyl (C=O) groups is 1. The summed E-state index contributed by atoms with van der Waals surface area (Å²) in [6, 6.07) is 7.51. The number of amides is 1. The number of hydrogen-bond donors (Lipinski definition) is 3. The van der Waals surface area contributed by atoms with Crippen LogP contribution in [0.5, 0.6) is 0 Å². The van der Waals surface area contributed by atoms with Gasteiger partial charge in [0.25, 0.3) is 5.91 Å². The number of nitrogens with one attached hydrogen (secondary N) is 1. The van der Waals surface area contributed by atoms with Crippen LogP contribution >= 0.6 is 11.6 Å². The molecule has 0 atom stereocenters. The van der Waals surface area contributed by atoms with E-state index in [9.17, 15) is 26.7 Å². The average Bonchev–Trinajstić information content (AvgIpc) is 2.92. The standard InChI is InChI=1S/C21H20ClF5N4O2/c22-16-10-14(19(32)29-13-4-1-3-12(9-13)18(28)30-33)17(11-15(16)21(25,26)27)31-7-2-5-20(23,24)6-8-31/h1,3-4,9-11,33H,2,5-8H2,(H2,28,30)(H,29,32). The molecule has 0 spiro atoms. The van der Waals surface area contributed by atoms with Gasteiger partial charge in [-0.15, -0.1) is 0 Å². The van der Waals surface area contributed by atoms with Crippen LogP contribution in [0, 0.1) is 0 Å².